The number of carbonyl (C=O) groups is 2. The molecule has 2 N–H and O–H groups in total. The zero-order valence-corrected chi connectivity index (χ0v) is 13.2. The van der Waals surface area contributed by atoms with Crippen molar-refractivity contribution in [2.75, 3.05) is 10.6 Å². The summed E-state index contributed by atoms with van der Waals surface area (Å²) in [5.74, 6) is -0.688. The van der Waals surface area contributed by atoms with E-state index in [-0.39, 0.29) is 32.7 Å². The minimum atomic E-state index is -1.36. The van der Waals surface area contributed by atoms with Crippen molar-refractivity contribution < 1.29 is 19.1 Å². The van der Waals surface area contributed by atoms with Gasteiger partial charge in [-0.05, 0) is 18.2 Å². The molecule has 24 heavy (non-hydrogen) atoms. The van der Waals surface area contributed by atoms with Crippen LogP contribution in [0.15, 0.2) is 30.5 Å². The first-order valence-corrected chi connectivity index (χ1v) is 6.96. The Morgan fingerprint density at radius 3 is 2.46 bits per heavy atom. The van der Waals surface area contributed by atoms with Gasteiger partial charge in [-0.2, -0.15) is 5.26 Å². The lowest BCUT2D eigenvalue weighted by Crippen LogP contribution is -2.15. The van der Waals surface area contributed by atoms with Gasteiger partial charge < -0.3 is 5.32 Å². The first-order chi connectivity index (χ1) is 11.4. The molecule has 2 amide bonds. The van der Waals surface area contributed by atoms with Crippen LogP contribution >= 0.6 is 23.2 Å². The van der Waals surface area contributed by atoms with E-state index in [9.17, 15) is 14.1 Å². The van der Waals surface area contributed by atoms with Gasteiger partial charge in [0.25, 0.3) is 5.91 Å². The molecule has 0 saturated carbocycles. The minimum absolute atomic E-state index is 0.00459. The number of carbonyl (C=O) groups excluding carboxylic acids is 2. The summed E-state index contributed by atoms with van der Waals surface area (Å²) in [6.45, 7) is 0. The molecule has 0 saturated heterocycles. The molecule has 2 aromatic rings. The molecule has 0 fully saturated rings. The van der Waals surface area contributed by atoms with Crippen molar-refractivity contribution in [2.45, 2.75) is 0 Å². The van der Waals surface area contributed by atoms with Crippen molar-refractivity contribution >= 4 is 46.7 Å². The molecular formula is C14H7Cl2FN4O3. The number of halogens is 3. The number of nitriles is 1. The van der Waals surface area contributed by atoms with Crippen LogP contribution in [0.1, 0.15) is 15.9 Å². The topological polar surface area (TPSA) is 104 Å². The fourth-order valence-corrected chi connectivity index (χ4v) is 2.41. The summed E-state index contributed by atoms with van der Waals surface area (Å²) in [5.41, 5.74) is 0.425. The Kier molecular flexibility index (Phi) is 5.52. The molecule has 122 valence electrons. The third-order valence-electron chi connectivity index (χ3n) is 2.72. The molecule has 1 heterocycles. The van der Waals surface area contributed by atoms with Crippen LogP contribution in [0, 0.1) is 11.3 Å². The average molecular weight is 369 g/mol. The Hall–Kier alpha value is -2.89. The van der Waals surface area contributed by atoms with E-state index in [1.165, 1.54) is 30.5 Å². The zero-order valence-electron chi connectivity index (χ0n) is 11.6. The molecule has 1 aromatic heterocycles. The Morgan fingerprint density at radius 2 is 1.88 bits per heavy atom. The van der Waals surface area contributed by atoms with Crippen LogP contribution in [-0.2, 0) is 4.94 Å². The summed E-state index contributed by atoms with van der Waals surface area (Å²) in [6, 6.07) is 7.16. The summed E-state index contributed by atoms with van der Waals surface area (Å²) in [5, 5.41) is 13.3. The number of aromatic nitrogens is 1. The van der Waals surface area contributed by atoms with Crippen molar-refractivity contribution in [3.05, 3.63) is 51.6 Å². The van der Waals surface area contributed by atoms with Crippen molar-refractivity contribution in [2.24, 2.45) is 0 Å². The Balaban J connectivity index is 2.23. The standard InChI is InChI=1S/C14H7Cl2FN4O3/c15-9-3-7(6-18)4-10(16)12(9)13(22)20-8-1-2-19-11(5-8)21-14(23)24-17/h1-5H,(H2,19,20,21,22,23). The van der Waals surface area contributed by atoms with E-state index in [0.717, 1.165) is 0 Å². The summed E-state index contributed by atoms with van der Waals surface area (Å²) in [6.07, 6.45) is -0.0880. The van der Waals surface area contributed by atoms with E-state index in [4.69, 9.17) is 28.5 Å². The summed E-state index contributed by atoms with van der Waals surface area (Å²) in [7, 11) is 0. The summed E-state index contributed by atoms with van der Waals surface area (Å²) < 4.78 is 11.7. The first kappa shape index (κ1) is 17.5. The number of nitrogens with one attached hydrogen (secondary N) is 2. The van der Waals surface area contributed by atoms with Gasteiger partial charge >= 0.3 is 6.09 Å². The van der Waals surface area contributed by atoms with Crippen molar-refractivity contribution in [3.8, 4) is 6.07 Å². The van der Waals surface area contributed by atoms with Gasteiger partial charge in [-0.1, -0.05) is 23.2 Å². The fraction of sp³-hybridized carbons (Fsp3) is 0. The van der Waals surface area contributed by atoms with Crippen LogP contribution in [0.5, 0.6) is 0 Å². The first-order valence-electron chi connectivity index (χ1n) is 6.20. The molecule has 0 aliphatic carbocycles. The van der Waals surface area contributed by atoms with E-state index in [0.29, 0.717) is 0 Å². The maximum Gasteiger partial charge on any atom is 0.450 e. The lowest BCUT2D eigenvalue weighted by atomic mass is 10.1. The maximum absolute atomic E-state index is 12.3. The normalized spacial score (nSPS) is 9.75. The van der Waals surface area contributed by atoms with E-state index in [1.54, 1.807) is 0 Å². The van der Waals surface area contributed by atoms with E-state index < -0.39 is 12.0 Å². The van der Waals surface area contributed by atoms with Crippen LogP contribution in [0.3, 0.4) is 0 Å². The van der Waals surface area contributed by atoms with Gasteiger partial charge in [0.2, 0.25) is 0 Å². The predicted molar refractivity (Wildman–Crippen MR) is 84.6 cm³/mol. The van der Waals surface area contributed by atoms with Gasteiger partial charge in [-0.25, -0.2) is 14.7 Å². The largest absolute Gasteiger partial charge is 0.450 e. The molecule has 7 nitrogen and oxygen atoms in total. The highest BCUT2D eigenvalue weighted by atomic mass is 35.5. The van der Waals surface area contributed by atoms with Crippen LogP contribution < -0.4 is 10.6 Å². The number of hydrogen-bond acceptors (Lipinski definition) is 5. The van der Waals surface area contributed by atoms with Crippen LogP contribution in [-0.4, -0.2) is 17.0 Å². The highest BCUT2D eigenvalue weighted by Gasteiger charge is 2.17. The molecule has 0 bridgehead atoms. The molecule has 0 radical (unpaired) electrons. The van der Waals surface area contributed by atoms with Gasteiger partial charge in [0.15, 0.2) is 0 Å². The molecule has 0 aliphatic heterocycles. The average Bonchev–Trinajstić information content (AvgIpc) is 2.54. The van der Waals surface area contributed by atoms with Crippen molar-refractivity contribution in [1.29, 1.82) is 5.26 Å². The van der Waals surface area contributed by atoms with Gasteiger partial charge in [0.05, 0.1) is 27.2 Å². The predicted octanol–water partition coefficient (Wildman–Crippen LogP) is 3.95. The highest BCUT2D eigenvalue weighted by Crippen LogP contribution is 2.27. The molecule has 10 heteroatoms. The van der Waals surface area contributed by atoms with Gasteiger partial charge in [0, 0.05) is 22.5 Å². The number of pyridine rings is 1. The van der Waals surface area contributed by atoms with Crippen LogP contribution in [0.2, 0.25) is 10.0 Å². The Morgan fingerprint density at radius 1 is 1.21 bits per heavy atom. The van der Waals surface area contributed by atoms with Crippen molar-refractivity contribution in [3.63, 3.8) is 0 Å². The maximum atomic E-state index is 12.3. The van der Waals surface area contributed by atoms with Crippen LogP contribution in [0.4, 0.5) is 20.8 Å². The third-order valence-corrected chi connectivity index (χ3v) is 3.31. The molecule has 0 unspecified atom stereocenters. The van der Waals surface area contributed by atoms with E-state index in [1.807, 2.05) is 11.4 Å². The fourth-order valence-electron chi connectivity index (χ4n) is 1.75. The summed E-state index contributed by atoms with van der Waals surface area (Å²) >= 11 is 11.9. The monoisotopic (exact) mass is 368 g/mol. The van der Waals surface area contributed by atoms with Crippen LogP contribution in [0.25, 0.3) is 0 Å². The number of rotatable bonds is 3. The second-order valence-electron chi connectivity index (χ2n) is 4.30. The molecule has 0 aliphatic rings. The lowest BCUT2D eigenvalue weighted by molar-refractivity contribution is -0.0544. The molecular weight excluding hydrogens is 362 g/mol. The minimum Gasteiger partial charge on any atom is -0.322 e. The van der Waals surface area contributed by atoms with Crippen molar-refractivity contribution in [1.82, 2.24) is 4.98 Å². The van der Waals surface area contributed by atoms with E-state index in [2.05, 4.69) is 15.2 Å². The molecule has 0 spiro atoms. The molecule has 2 rings (SSSR count). The Bertz CT molecular complexity index is 831. The third kappa shape index (κ3) is 4.10. The lowest BCUT2D eigenvalue weighted by Gasteiger charge is -2.10. The second-order valence-corrected chi connectivity index (χ2v) is 5.11. The number of amides is 2. The smallest absolute Gasteiger partial charge is 0.322 e. The number of hydrogen-bond donors (Lipinski definition) is 2. The van der Waals surface area contributed by atoms with Gasteiger partial charge in [-0.15, -0.1) is 0 Å². The van der Waals surface area contributed by atoms with Gasteiger partial charge in [0.1, 0.15) is 5.82 Å². The van der Waals surface area contributed by atoms with E-state index >= 15 is 0 Å². The SMILES string of the molecule is N#Cc1cc(Cl)c(C(=O)Nc2ccnc(NC(=O)OF)c2)c(Cl)c1. The highest BCUT2D eigenvalue weighted by molar-refractivity contribution is 6.40. The number of benzene rings is 1. The van der Waals surface area contributed by atoms with Gasteiger partial charge in [-0.3, -0.25) is 10.1 Å². The molecule has 1 aromatic carbocycles. The molecule has 0 atom stereocenters. The quantitative estimate of drug-likeness (QED) is 0.853. The number of nitrogens with zero attached hydrogens (tertiary/aromatic N) is 2. The number of anilines is 2. The summed E-state index contributed by atoms with van der Waals surface area (Å²) in [4.78, 5) is 29.8. The Labute approximate surface area is 144 Å². The second kappa shape index (κ2) is 7.59. The zero-order chi connectivity index (χ0) is 17.7.